The third-order valence-electron chi connectivity index (χ3n) is 2.59. The number of nitriles is 1. The lowest BCUT2D eigenvalue weighted by molar-refractivity contribution is 0.0395. The van der Waals surface area contributed by atoms with Crippen LogP contribution in [-0.2, 0) is 4.74 Å². The quantitative estimate of drug-likeness (QED) is 0.655. The van der Waals surface area contributed by atoms with Crippen LogP contribution in [0.1, 0.15) is 39.6 Å². The number of hydrogen-bond acceptors (Lipinski definition) is 3. The summed E-state index contributed by atoms with van der Waals surface area (Å²) in [6.45, 7) is 3.86. The first-order valence-electron chi connectivity index (χ1n) is 4.82. The van der Waals surface area contributed by atoms with Gasteiger partial charge in [0, 0.05) is 5.56 Å². The molecule has 0 unspecified atom stereocenters. The van der Waals surface area contributed by atoms with E-state index in [1.165, 1.54) is 0 Å². The molecule has 0 aromatic heterocycles. The number of ether oxygens (including phenoxy) is 1. The molecule has 0 saturated carbocycles. The largest absolute Gasteiger partial charge is 0.453 e. The van der Waals surface area contributed by atoms with Gasteiger partial charge in [0.25, 0.3) is 0 Å². The number of hydrogen-bond donors (Lipinski definition) is 0. The summed E-state index contributed by atoms with van der Waals surface area (Å²) >= 11 is 0. The van der Waals surface area contributed by atoms with Crippen molar-refractivity contribution in [1.82, 2.24) is 0 Å². The van der Waals surface area contributed by atoms with Crippen LogP contribution in [0.4, 0.5) is 0 Å². The van der Waals surface area contributed by atoms with Crippen molar-refractivity contribution in [2.24, 2.45) is 0 Å². The Labute approximate surface area is 88.3 Å². The number of rotatable bonds is 1. The number of benzene rings is 1. The fraction of sp³-hybridized carbons (Fsp3) is 0.333. The van der Waals surface area contributed by atoms with Gasteiger partial charge in [-0.2, -0.15) is 5.26 Å². The van der Waals surface area contributed by atoms with Crippen molar-refractivity contribution in [3.63, 3.8) is 0 Å². The zero-order valence-electron chi connectivity index (χ0n) is 8.70. The molecule has 0 spiro atoms. The Hall–Kier alpha value is -1.82. The summed E-state index contributed by atoms with van der Waals surface area (Å²) < 4.78 is 5.15. The molecular formula is C12H11NO2. The van der Waals surface area contributed by atoms with Gasteiger partial charge in [0.2, 0.25) is 0 Å². The topological polar surface area (TPSA) is 50.1 Å². The van der Waals surface area contributed by atoms with Crippen LogP contribution in [0.5, 0.6) is 0 Å². The second-order valence-electron chi connectivity index (χ2n) is 3.80. The summed E-state index contributed by atoms with van der Waals surface area (Å²) in [5, 5.41) is 8.64. The summed E-state index contributed by atoms with van der Waals surface area (Å²) in [4.78, 5) is 11.6. The van der Waals surface area contributed by atoms with E-state index in [1.54, 1.807) is 0 Å². The Morgan fingerprint density at radius 1 is 1.47 bits per heavy atom. The van der Waals surface area contributed by atoms with Crippen molar-refractivity contribution in [3.8, 4) is 6.07 Å². The average molecular weight is 201 g/mol. The Morgan fingerprint density at radius 2 is 2.20 bits per heavy atom. The highest BCUT2D eigenvalue weighted by Crippen LogP contribution is 2.35. The molecule has 3 nitrogen and oxygen atoms in total. The number of esters is 1. The minimum atomic E-state index is -0.379. The van der Waals surface area contributed by atoms with Gasteiger partial charge >= 0.3 is 5.97 Å². The Bertz CT molecular complexity index is 471. The zero-order chi connectivity index (χ0) is 11.0. The lowest BCUT2D eigenvalue weighted by Gasteiger charge is -2.06. The van der Waals surface area contributed by atoms with Gasteiger partial charge in [-0.15, -0.1) is 0 Å². The molecule has 0 fully saturated rings. The molecule has 0 aliphatic carbocycles. The molecule has 1 aromatic rings. The van der Waals surface area contributed by atoms with Gasteiger partial charge in [0.15, 0.2) is 0 Å². The fourth-order valence-electron chi connectivity index (χ4n) is 2.02. The van der Waals surface area contributed by atoms with Gasteiger partial charge < -0.3 is 4.74 Å². The molecule has 2 rings (SSSR count). The second-order valence-corrected chi connectivity index (χ2v) is 3.80. The van der Waals surface area contributed by atoms with Crippen LogP contribution in [0.25, 0.3) is 0 Å². The fourth-order valence-corrected chi connectivity index (χ4v) is 2.02. The molecule has 15 heavy (non-hydrogen) atoms. The van der Waals surface area contributed by atoms with Crippen LogP contribution in [-0.4, -0.2) is 5.97 Å². The lowest BCUT2D eigenvalue weighted by Crippen LogP contribution is -1.97. The van der Waals surface area contributed by atoms with E-state index >= 15 is 0 Å². The number of fused-ring (bicyclic) bond motifs is 1. The van der Waals surface area contributed by atoms with Gasteiger partial charge in [-0.3, -0.25) is 0 Å². The number of nitrogens with zero attached hydrogens (tertiary/aromatic N) is 1. The Balaban J connectivity index is 2.56. The third kappa shape index (κ3) is 1.48. The van der Waals surface area contributed by atoms with Crippen molar-refractivity contribution in [1.29, 1.82) is 5.26 Å². The first kappa shape index (κ1) is 9.72. The highest BCUT2D eigenvalue weighted by molar-refractivity contribution is 5.95. The van der Waals surface area contributed by atoms with Crippen molar-refractivity contribution >= 4 is 5.97 Å². The summed E-state index contributed by atoms with van der Waals surface area (Å²) in [6, 6.07) is 5.91. The monoisotopic (exact) mass is 201 g/mol. The van der Waals surface area contributed by atoms with E-state index in [2.05, 4.69) is 0 Å². The van der Waals surface area contributed by atoms with Gasteiger partial charge in [0.1, 0.15) is 6.10 Å². The zero-order valence-corrected chi connectivity index (χ0v) is 8.70. The molecule has 1 heterocycles. The molecule has 0 N–H and O–H groups in total. The molecule has 3 heteroatoms. The van der Waals surface area contributed by atoms with Crippen LogP contribution in [0, 0.1) is 25.2 Å². The molecule has 1 aromatic carbocycles. The van der Waals surface area contributed by atoms with E-state index < -0.39 is 0 Å². The number of carbonyl (C=O) groups excluding carboxylic acids is 1. The van der Waals surface area contributed by atoms with E-state index in [-0.39, 0.29) is 18.5 Å². The number of cyclic esters (lactones) is 1. The average Bonchev–Trinajstić information content (AvgIpc) is 2.43. The van der Waals surface area contributed by atoms with E-state index in [9.17, 15) is 4.79 Å². The first-order valence-corrected chi connectivity index (χ1v) is 4.82. The lowest BCUT2D eigenvalue weighted by atomic mass is 9.97. The minimum Gasteiger partial charge on any atom is -0.453 e. The molecule has 0 saturated heterocycles. The van der Waals surface area contributed by atoms with Gasteiger partial charge in [-0.05, 0) is 19.4 Å². The molecule has 0 amide bonds. The van der Waals surface area contributed by atoms with Gasteiger partial charge in [-0.1, -0.05) is 17.7 Å². The van der Waals surface area contributed by atoms with Crippen molar-refractivity contribution < 1.29 is 9.53 Å². The molecule has 1 aliphatic rings. The smallest absolute Gasteiger partial charge is 0.339 e. The van der Waals surface area contributed by atoms with Gasteiger partial charge in [0.05, 0.1) is 18.1 Å². The molecular weight excluding hydrogens is 190 g/mol. The predicted octanol–water partition coefficient (Wildman–Crippen LogP) is 2.43. The van der Waals surface area contributed by atoms with E-state index in [1.807, 2.05) is 32.0 Å². The SMILES string of the molecule is Cc1cc(C)c2c(c1)[C@@H](CC#N)OC2=O. The normalized spacial score (nSPS) is 18.2. The predicted molar refractivity (Wildman–Crippen MR) is 54.3 cm³/mol. The van der Waals surface area contributed by atoms with Crippen LogP contribution in [0.3, 0.4) is 0 Å². The van der Waals surface area contributed by atoms with Gasteiger partial charge in [-0.25, -0.2) is 4.79 Å². The third-order valence-corrected chi connectivity index (χ3v) is 2.59. The maximum atomic E-state index is 11.6. The maximum absolute atomic E-state index is 11.6. The van der Waals surface area contributed by atoms with E-state index in [4.69, 9.17) is 10.00 Å². The van der Waals surface area contributed by atoms with Crippen LogP contribution < -0.4 is 0 Å². The van der Waals surface area contributed by atoms with Crippen LogP contribution >= 0.6 is 0 Å². The Kier molecular flexibility index (Phi) is 2.20. The highest BCUT2D eigenvalue weighted by Gasteiger charge is 2.32. The summed E-state index contributed by atoms with van der Waals surface area (Å²) in [6.07, 6.45) is -0.155. The summed E-state index contributed by atoms with van der Waals surface area (Å²) in [5.74, 6) is -0.303. The van der Waals surface area contributed by atoms with Crippen LogP contribution in [0.15, 0.2) is 12.1 Å². The van der Waals surface area contributed by atoms with Crippen molar-refractivity contribution in [3.05, 3.63) is 34.4 Å². The molecule has 76 valence electrons. The molecule has 0 radical (unpaired) electrons. The van der Waals surface area contributed by atoms with Crippen molar-refractivity contribution in [2.45, 2.75) is 26.4 Å². The summed E-state index contributed by atoms with van der Waals surface area (Å²) in [5.41, 5.74) is 3.52. The van der Waals surface area contributed by atoms with Crippen LogP contribution in [0.2, 0.25) is 0 Å². The molecule has 1 aliphatic heterocycles. The molecule has 1 atom stereocenters. The summed E-state index contributed by atoms with van der Waals surface area (Å²) in [7, 11) is 0. The second kappa shape index (κ2) is 3.39. The highest BCUT2D eigenvalue weighted by atomic mass is 16.5. The van der Waals surface area contributed by atoms with Crippen molar-refractivity contribution in [2.75, 3.05) is 0 Å². The first-order chi connectivity index (χ1) is 7.13. The van der Waals surface area contributed by atoms with E-state index in [0.717, 1.165) is 16.7 Å². The maximum Gasteiger partial charge on any atom is 0.339 e. The number of carbonyl (C=O) groups is 1. The number of aryl methyl sites for hydroxylation is 2. The Morgan fingerprint density at radius 3 is 2.87 bits per heavy atom. The standard InChI is InChI=1S/C12H11NO2/c1-7-5-8(2)11-9(6-7)10(3-4-13)15-12(11)14/h5-6,10H,3H2,1-2H3/t10-/m1/s1. The minimum absolute atomic E-state index is 0.224. The van der Waals surface area contributed by atoms with E-state index in [0.29, 0.717) is 5.56 Å². The molecule has 0 bridgehead atoms.